The molecule has 0 atom stereocenters. The number of ether oxygens (including phenoxy) is 1. The minimum Gasteiger partial charge on any atom is -0.490 e. The Hall–Kier alpha value is -1.58. The molecule has 0 saturated heterocycles. The number of benzene rings is 2. The van der Waals surface area contributed by atoms with Crippen LogP contribution in [0.25, 0.3) is 0 Å². The van der Waals surface area contributed by atoms with Gasteiger partial charge >= 0.3 is 0 Å². The molecule has 0 amide bonds. The van der Waals surface area contributed by atoms with Gasteiger partial charge in [0, 0.05) is 29.5 Å². The molecule has 0 spiro atoms. The smallest absolute Gasteiger partial charge is 0.139 e. The van der Waals surface area contributed by atoms with E-state index in [4.69, 9.17) is 33.7 Å². The molecule has 2 aromatic rings. The summed E-state index contributed by atoms with van der Waals surface area (Å²) in [5.74, 6) is 0.602. The maximum absolute atomic E-state index is 6.03. The first-order valence-electron chi connectivity index (χ1n) is 6.21. The second kappa shape index (κ2) is 6.73. The molecular weight excluding hydrogens is 295 g/mol. The van der Waals surface area contributed by atoms with Crippen LogP contribution in [0.15, 0.2) is 42.5 Å². The Kier molecular flexibility index (Phi) is 4.99. The molecule has 0 aliphatic rings. The average Bonchev–Trinajstić information content (AvgIpc) is 2.43. The Morgan fingerprint density at radius 1 is 1.10 bits per heavy atom. The molecule has 0 heterocycles. The SMILES string of the molecule is CN(CCOc1cc(Cl)ccc1Cl)c1ccc(N)cc1. The number of hydrogen-bond acceptors (Lipinski definition) is 3. The van der Waals surface area contributed by atoms with Crippen molar-refractivity contribution in [3.8, 4) is 5.75 Å². The van der Waals surface area contributed by atoms with Crippen molar-refractivity contribution >= 4 is 34.6 Å². The monoisotopic (exact) mass is 310 g/mol. The first kappa shape index (κ1) is 14.8. The summed E-state index contributed by atoms with van der Waals surface area (Å²) in [6.45, 7) is 1.24. The van der Waals surface area contributed by atoms with Gasteiger partial charge < -0.3 is 15.4 Å². The Morgan fingerprint density at radius 2 is 1.80 bits per heavy atom. The second-order valence-corrected chi connectivity index (χ2v) is 5.28. The van der Waals surface area contributed by atoms with E-state index in [1.165, 1.54) is 0 Å². The van der Waals surface area contributed by atoms with Gasteiger partial charge in [0.15, 0.2) is 0 Å². The van der Waals surface area contributed by atoms with Gasteiger partial charge in [-0.3, -0.25) is 0 Å². The highest BCUT2D eigenvalue weighted by Gasteiger charge is 2.04. The third-order valence-corrected chi connectivity index (χ3v) is 3.46. The van der Waals surface area contributed by atoms with Gasteiger partial charge in [0.1, 0.15) is 12.4 Å². The molecule has 0 bridgehead atoms. The van der Waals surface area contributed by atoms with E-state index in [1.54, 1.807) is 18.2 Å². The van der Waals surface area contributed by atoms with Gasteiger partial charge in [-0.15, -0.1) is 0 Å². The minimum absolute atomic E-state index is 0.515. The van der Waals surface area contributed by atoms with Crippen LogP contribution in [0.4, 0.5) is 11.4 Å². The summed E-state index contributed by atoms with van der Waals surface area (Å²) in [5, 5.41) is 1.17. The standard InChI is InChI=1S/C15H16Cl2N2O/c1-19(13-5-3-12(18)4-6-13)8-9-20-15-10-11(16)2-7-14(15)17/h2-7,10H,8-9,18H2,1H3. The maximum atomic E-state index is 6.03. The number of halogens is 2. The molecule has 2 N–H and O–H groups in total. The lowest BCUT2D eigenvalue weighted by molar-refractivity contribution is 0.326. The number of likely N-dealkylation sites (N-methyl/N-ethyl adjacent to an activating group) is 1. The van der Waals surface area contributed by atoms with Crippen LogP contribution in [-0.4, -0.2) is 20.2 Å². The molecule has 0 fully saturated rings. The van der Waals surface area contributed by atoms with Crippen molar-refractivity contribution in [1.29, 1.82) is 0 Å². The number of nitrogen functional groups attached to an aromatic ring is 1. The first-order valence-corrected chi connectivity index (χ1v) is 6.96. The third kappa shape index (κ3) is 3.95. The van der Waals surface area contributed by atoms with Crippen molar-refractivity contribution in [3.63, 3.8) is 0 Å². The lowest BCUT2D eigenvalue weighted by atomic mass is 10.2. The van der Waals surface area contributed by atoms with E-state index >= 15 is 0 Å². The van der Waals surface area contributed by atoms with Gasteiger partial charge in [-0.1, -0.05) is 23.2 Å². The van der Waals surface area contributed by atoms with Crippen molar-refractivity contribution in [3.05, 3.63) is 52.5 Å². The minimum atomic E-state index is 0.515. The summed E-state index contributed by atoms with van der Waals surface area (Å²) < 4.78 is 5.65. The largest absolute Gasteiger partial charge is 0.490 e. The Balaban J connectivity index is 1.89. The summed E-state index contributed by atoms with van der Waals surface area (Å²) in [4.78, 5) is 2.08. The van der Waals surface area contributed by atoms with E-state index in [-0.39, 0.29) is 0 Å². The van der Waals surface area contributed by atoms with Crippen molar-refractivity contribution in [1.82, 2.24) is 0 Å². The average molecular weight is 311 g/mol. The van der Waals surface area contributed by atoms with E-state index in [0.29, 0.717) is 22.4 Å². The number of rotatable bonds is 5. The lowest BCUT2D eigenvalue weighted by Crippen LogP contribution is -2.23. The molecule has 5 heteroatoms. The molecule has 0 aliphatic heterocycles. The van der Waals surface area contributed by atoms with Crippen LogP contribution >= 0.6 is 23.2 Å². The zero-order valence-corrected chi connectivity index (χ0v) is 12.7. The van der Waals surface area contributed by atoms with E-state index in [2.05, 4.69) is 4.90 Å². The summed E-state index contributed by atoms with van der Waals surface area (Å²) in [6, 6.07) is 12.9. The molecule has 2 aromatic carbocycles. The highest BCUT2D eigenvalue weighted by molar-refractivity contribution is 6.34. The Bertz CT molecular complexity index is 573. The molecule has 0 unspecified atom stereocenters. The van der Waals surface area contributed by atoms with Crippen molar-refractivity contribution < 1.29 is 4.74 Å². The molecule has 20 heavy (non-hydrogen) atoms. The van der Waals surface area contributed by atoms with Crippen LogP contribution in [0.1, 0.15) is 0 Å². The fourth-order valence-corrected chi connectivity index (χ4v) is 2.07. The predicted molar refractivity (Wildman–Crippen MR) is 86.1 cm³/mol. The molecule has 3 nitrogen and oxygen atoms in total. The van der Waals surface area contributed by atoms with Crippen LogP contribution < -0.4 is 15.4 Å². The lowest BCUT2D eigenvalue weighted by Gasteiger charge is -2.19. The molecule has 0 radical (unpaired) electrons. The highest BCUT2D eigenvalue weighted by Crippen LogP contribution is 2.27. The molecule has 0 aliphatic carbocycles. The van der Waals surface area contributed by atoms with Crippen LogP contribution in [0, 0.1) is 0 Å². The molecule has 0 aromatic heterocycles. The van der Waals surface area contributed by atoms with Crippen LogP contribution in [0.2, 0.25) is 10.0 Å². The maximum Gasteiger partial charge on any atom is 0.139 e. The number of nitrogens with two attached hydrogens (primary N) is 1. The summed E-state index contributed by atoms with van der Waals surface area (Å²) >= 11 is 11.9. The summed E-state index contributed by atoms with van der Waals surface area (Å²) in [5.41, 5.74) is 7.50. The van der Waals surface area contributed by atoms with Crippen molar-refractivity contribution in [2.45, 2.75) is 0 Å². The van der Waals surface area contributed by atoms with Crippen LogP contribution in [-0.2, 0) is 0 Å². The summed E-state index contributed by atoms with van der Waals surface area (Å²) in [7, 11) is 1.99. The van der Waals surface area contributed by atoms with Gasteiger partial charge in [-0.25, -0.2) is 0 Å². The summed E-state index contributed by atoms with van der Waals surface area (Å²) in [6.07, 6.45) is 0. The quantitative estimate of drug-likeness (QED) is 0.845. The third-order valence-electron chi connectivity index (χ3n) is 2.91. The predicted octanol–water partition coefficient (Wildman–Crippen LogP) is 4.09. The van der Waals surface area contributed by atoms with E-state index < -0.39 is 0 Å². The van der Waals surface area contributed by atoms with E-state index in [0.717, 1.165) is 17.9 Å². The van der Waals surface area contributed by atoms with Gasteiger partial charge in [0.2, 0.25) is 0 Å². The van der Waals surface area contributed by atoms with Crippen molar-refractivity contribution in [2.75, 3.05) is 30.8 Å². The molecule has 0 saturated carbocycles. The van der Waals surface area contributed by atoms with Crippen LogP contribution in [0.5, 0.6) is 5.75 Å². The van der Waals surface area contributed by atoms with Gasteiger partial charge in [-0.2, -0.15) is 0 Å². The van der Waals surface area contributed by atoms with Gasteiger partial charge in [0.05, 0.1) is 11.6 Å². The zero-order valence-electron chi connectivity index (χ0n) is 11.1. The molecule has 106 valence electrons. The topological polar surface area (TPSA) is 38.5 Å². The highest BCUT2D eigenvalue weighted by atomic mass is 35.5. The molecular formula is C15H16Cl2N2O. The number of anilines is 2. The van der Waals surface area contributed by atoms with Gasteiger partial charge in [-0.05, 0) is 36.4 Å². The number of nitrogens with zero attached hydrogens (tertiary/aromatic N) is 1. The molecule has 2 rings (SSSR count). The number of hydrogen-bond donors (Lipinski definition) is 1. The van der Waals surface area contributed by atoms with E-state index in [9.17, 15) is 0 Å². The normalized spacial score (nSPS) is 10.3. The first-order chi connectivity index (χ1) is 9.56. The van der Waals surface area contributed by atoms with Crippen molar-refractivity contribution in [2.24, 2.45) is 0 Å². The fourth-order valence-electron chi connectivity index (χ4n) is 1.74. The Morgan fingerprint density at radius 3 is 2.50 bits per heavy atom. The fraction of sp³-hybridized carbons (Fsp3) is 0.200. The van der Waals surface area contributed by atoms with Crippen LogP contribution in [0.3, 0.4) is 0 Å². The Labute approximate surface area is 128 Å². The van der Waals surface area contributed by atoms with E-state index in [1.807, 2.05) is 31.3 Å². The zero-order chi connectivity index (χ0) is 14.5. The second-order valence-electron chi connectivity index (χ2n) is 4.44. The van der Waals surface area contributed by atoms with Gasteiger partial charge in [0.25, 0.3) is 0 Å².